The molecule has 0 atom stereocenters. The van der Waals surface area contributed by atoms with Crippen LogP contribution in [-0.2, 0) is 9.84 Å². The summed E-state index contributed by atoms with van der Waals surface area (Å²) >= 11 is 5.70. The number of phenolic OH excluding ortho intramolecular Hbond substituents is 1. The lowest BCUT2D eigenvalue weighted by Gasteiger charge is -2.04. The summed E-state index contributed by atoms with van der Waals surface area (Å²) in [4.78, 5) is 9.27. The standard InChI is InChI=1S/C15H9ClN2O5S/c16-11-2-4-12(5-3-11)24(22,23)13(9-17)7-10-1-6-15(19)14(8-10)18(20)21/h1-8,19H/b13-7+. The van der Waals surface area contributed by atoms with Crippen molar-refractivity contribution in [3.63, 3.8) is 0 Å². The molecule has 122 valence electrons. The van der Waals surface area contributed by atoms with Crippen LogP contribution in [0.5, 0.6) is 5.75 Å². The van der Waals surface area contributed by atoms with Crippen LogP contribution in [0.3, 0.4) is 0 Å². The quantitative estimate of drug-likeness (QED) is 0.504. The molecule has 0 fully saturated rings. The first kappa shape index (κ1) is 17.5. The van der Waals surface area contributed by atoms with Gasteiger partial charge in [0.2, 0.25) is 9.84 Å². The van der Waals surface area contributed by atoms with Crippen molar-refractivity contribution in [2.24, 2.45) is 0 Å². The normalized spacial score (nSPS) is 11.8. The summed E-state index contributed by atoms with van der Waals surface area (Å²) in [5.74, 6) is -0.559. The van der Waals surface area contributed by atoms with Gasteiger partial charge < -0.3 is 5.11 Å². The second-order valence-corrected chi connectivity index (χ2v) is 6.94. The van der Waals surface area contributed by atoms with Crippen LogP contribution >= 0.6 is 11.6 Å². The molecule has 2 aromatic carbocycles. The predicted octanol–water partition coefficient (Wildman–Crippen LogP) is 3.29. The van der Waals surface area contributed by atoms with E-state index < -0.39 is 31.1 Å². The van der Waals surface area contributed by atoms with E-state index >= 15 is 0 Å². The molecule has 0 aliphatic heterocycles. The first-order valence-corrected chi connectivity index (χ1v) is 8.21. The van der Waals surface area contributed by atoms with E-state index in [9.17, 15) is 23.6 Å². The van der Waals surface area contributed by atoms with Crippen LogP contribution in [0, 0.1) is 21.4 Å². The molecule has 9 heteroatoms. The Hall–Kier alpha value is -2.89. The highest BCUT2D eigenvalue weighted by atomic mass is 35.5. The molecule has 0 heterocycles. The number of nitriles is 1. The number of benzene rings is 2. The maximum absolute atomic E-state index is 12.4. The van der Waals surface area contributed by atoms with Gasteiger partial charge in [-0.2, -0.15) is 5.26 Å². The fourth-order valence-electron chi connectivity index (χ4n) is 1.84. The molecule has 0 saturated heterocycles. The number of phenols is 1. The van der Waals surface area contributed by atoms with Crippen molar-refractivity contribution in [1.29, 1.82) is 5.26 Å². The average molecular weight is 365 g/mol. The largest absolute Gasteiger partial charge is 0.502 e. The summed E-state index contributed by atoms with van der Waals surface area (Å²) in [6, 6.07) is 10.1. The summed E-state index contributed by atoms with van der Waals surface area (Å²) < 4.78 is 24.9. The number of rotatable bonds is 4. The lowest BCUT2D eigenvalue weighted by molar-refractivity contribution is -0.385. The SMILES string of the molecule is N#C/C(=C\c1ccc(O)c([N+](=O)[O-])c1)S(=O)(=O)c1ccc(Cl)cc1. The maximum Gasteiger partial charge on any atom is 0.311 e. The van der Waals surface area contributed by atoms with Crippen molar-refractivity contribution in [3.8, 4) is 11.8 Å². The second-order valence-electron chi connectivity index (χ2n) is 4.58. The Morgan fingerprint density at radius 3 is 2.42 bits per heavy atom. The van der Waals surface area contributed by atoms with E-state index in [1.807, 2.05) is 0 Å². The molecule has 0 spiro atoms. The molecule has 2 rings (SSSR count). The van der Waals surface area contributed by atoms with Crippen LogP contribution in [0.25, 0.3) is 6.08 Å². The smallest absolute Gasteiger partial charge is 0.311 e. The molecule has 0 aliphatic rings. The zero-order valence-electron chi connectivity index (χ0n) is 11.9. The van der Waals surface area contributed by atoms with E-state index in [2.05, 4.69) is 0 Å². The van der Waals surface area contributed by atoms with Gasteiger partial charge in [0.1, 0.15) is 11.0 Å². The Bertz CT molecular complexity index is 976. The molecular formula is C15H9ClN2O5S. The highest BCUT2D eigenvalue weighted by Gasteiger charge is 2.21. The average Bonchev–Trinajstić information content (AvgIpc) is 2.54. The van der Waals surface area contributed by atoms with Gasteiger partial charge in [-0.3, -0.25) is 10.1 Å². The number of nitro benzene ring substituents is 1. The van der Waals surface area contributed by atoms with Crippen molar-refractivity contribution >= 4 is 33.2 Å². The Morgan fingerprint density at radius 1 is 1.25 bits per heavy atom. The fraction of sp³-hybridized carbons (Fsp3) is 0. The number of nitrogens with zero attached hydrogens (tertiary/aromatic N) is 2. The minimum absolute atomic E-state index is 0.0913. The molecular weight excluding hydrogens is 356 g/mol. The van der Waals surface area contributed by atoms with Crippen LogP contribution in [0.15, 0.2) is 52.3 Å². The van der Waals surface area contributed by atoms with Gasteiger partial charge in [-0.15, -0.1) is 0 Å². The van der Waals surface area contributed by atoms with Crippen LogP contribution in [0.1, 0.15) is 5.56 Å². The Morgan fingerprint density at radius 2 is 1.88 bits per heavy atom. The van der Waals surface area contributed by atoms with Crippen molar-refractivity contribution in [2.75, 3.05) is 0 Å². The summed E-state index contributed by atoms with van der Waals surface area (Å²) in [5, 5.41) is 29.7. The van der Waals surface area contributed by atoms with Crippen molar-refractivity contribution < 1.29 is 18.4 Å². The molecule has 7 nitrogen and oxygen atoms in total. The highest BCUT2D eigenvalue weighted by Crippen LogP contribution is 2.29. The number of nitro groups is 1. The molecule has 24 heavy (non-hydrogen) atoms. The zero-order valence-corrected chi connectivity index (χ0v) is 13.5. The van der Waals surface area contributed by atoms with E-state index in [0.717, 1.165) is 18.2 Å². The van der Waals surface area contributed by atoms with Crippen LogP contribution in [-0.4, -0.2) is 18.4 Å². The summed E-state index contributed by atoms with van der Waals surface area (Å²) in [6.07, 6.45) is 0.996. The molecule has 0 radical (unpaired) electrons. The molecule has 0 saturated carbocycles. The fourth-order valence-corrected chi connectivity index (χ4v) is 3.12. The van der Waals surface area contributed by atoms with E-state index in [-0.39, 0.29) is 10.5 Å². The number of aromatic hydroxyl groups is 1. The monoisotopic (exact) mass is 364 g/mol. The first-order valence-electron chi connectivity index (χ1n) is 6.35. The number of hydrogen-bond acceptors (Lipinski definition) is 6. The summed E-state index contributed by atoms with van der Waals surface area (Å²) in [6.45, 7) is 0. The van der Waals surface area contributed by atoms with Gasteiger partial charge in [-0.1, -0.05) is 17.7 Å². The lowest BCUT2D eigenvalue weighted by atomic mass is 10.2. The molecule has 0 amide bonds. The maximum atomic E-state index is 12.4. The van der Waals surface area contributed by atoms with Gasteiger partial charge in [-0.25, -0.2) is 8.42 Å². The van der Waals surface area contributed by atoms with Crippen LogP contribution in [0.4, 0.5) is 5.69 Å². The molecule has 0 bridgehead atoms. The van der Waals surface area contributed by atoms with Crippen LogP contribution < -0.4 is 0 Å². The number of allylic oxidation sites excluding steroid dienone is 1. The second kappa shape index (κ2) is 6.70. The van der Waals surface area contributed by atoms with Gasteiger partial charge in [0.25, 0.3) is 0 Å². The minimum Gasteiger partial charge on any atom is -0.502 e. The highest BCUT2D eigenvalue weighted by molar-refractivity contribution is 7.95. The first-order chi connectivity index (χ1) is 11.3. The predicted molar refractivity (Wildman–Crippen MR) is 87.0 cm³/mol. The minimum atomic E-state index is -4.10. The van der Waals surface area contributed by atoms with Crippen LogP contribution in [0.2, 0.25) is 5.02 Å². The van der Waals surface area contributed by atoms with Gasteiger partial charge in [-0.05, 0) is 42.0 Å². The topological polar surface area (TPSA) is 121 Å². The zero-order chi connectivity index (χ0) is 17.9. The molecule has 2 aromatic rings. The Labute approximate surface area is 142 Å². The summed E-state index contributed by atoms with van der Waals surface area (Å²) in [5.41, 5.74) is -0.501. The van der Waals surface area contributed by atoms with Gasteiger partial charge in [0.05, 0.1) is 9.82 Å². The number of halogens is 1. The molecule has 0 unspecified atom stereocenters. The third-order valence-corrected chi connectivity index (χ3v) is 4.95. The molecule has 0 aliphatic carbocycles. The van der Waals surface area contributed by atoms with Gasteiger partial charge in [0.15, 0.2) is 5.75 Å². The number of hydrogen-bond donors (Lipinski definition) is 1. The molecule has 0 aromatic heterocycles. The summed E-state index contributed by atoms with van der Waals surface area (Å²) in [7, 11) is -4.10. The van der Waals surface area contributed by atoms with Gasteiger partial charge >= 0.3 is 5.69 Å². The lowest BCUT2D eigenvalue weighted by Crippen LogP contribution is -2.03. The van der Waals surface area contributed by atoms with Crippen molar-refractivity contribution in [1.82, 2.24) is 0 Å². The third kappa shape index (κ3) is 3.53. The Balaban J connectivity index is 2.54. The Kier molecular flexibility index (Phi) is 4.87. The van der Waals surface area contributed by atoms with Crippen molar-refractivity contribution in [3.05, 3.63) is 68.1 Å². The third-order valence-electron chi connectivity index (χ3n) is 3.02. The molecule has 1 N–H and O–H groups in total. The van der Waals surface area contributed by atoms with E-state index in [1.54, 1.807) is 6.07 Å². The van der Waals surface area contributed by atoms with E-state index in [1.165, 1.54) is 30.3 Å². The van der Waals surface area contributed by atoms with Crippen molar-refractivity contribution in [2.45, 2.75) is 4.90 Å². The van der Waals surface area contributed by atoms with Gasteiger partial charge in [0, 0.05) is 11.1 Å². The van der Waals surface area contributed by atoms with E-state index in [0.29, 0.717) is 5.02 Å². The number of sulfone groups is 1. The van der Waals surface area contributed by atoms with E-state index in [4.69, 9.17) is 16.9 Å².